The number of imide groups is 1. The van der Waals surface area contributed by atoms with Crippen molar-refractivity contribution >= 4 is 35.2 Å². The highest BCUT2D eigenvalue weighted by Crippen LogP contribution is 2.22. The highest BCUT2D eigenvalue weighted by atomic mass is 19.1. The van der Waals surface area contributed by atoms with E-state index in [0.29, 0.717) is 0 Å². The smallest absolute Gasteiger partial charge is 0.308 e. The van der Waals surface area contributed by atoms with E-state index in [2.05, 4.69) is 5.32 Å². The maximum Gasteiger partial charge on any atom is 0.308 e. The minimum Gasteiger partial charge on any atom is -0.457 e. The lowest BCUT2D eigenvalue weighted by Crippen LogP contribution is -2.32. The van der Waals surface area contributed by atoms with Gasteiger partial charge in [-0.05, 0) is 30.3 Å². The van der Waals surface area contributed by atoms with E-state index >= 15 is 0 Å². The predicted octanol–water partition coefficient (Wildman–Crippen LogP) is 2.20. The first-order valence-electron chi connectivity index (χ1n) is 8.99. The van der Waals surface area contributed by atoms with Crippen molar-refractivity contribution in [1.29, 1.82) is 0 Å². The number of carbonyl (C=O) groups excluding carboxylic acids is 5. The lowest BCUT2D eigenvalue weighted by Gasteiger charge is -2.13. The Labute approximate surface area is 170 Å². The lowest BCUT2D eigenvalue weighted by molar-refractivity contribution is -0.142. The molecule has 0 aliphatic carbocycles. The van der Waals surface area contributed by atoms with Gasteiger partial charge in [-0.15, -0.1) is 0 Å². The zero-order valence-electron chi connectivity index (χ0n) is 15.9. The number of amides is 3. The molecule has 0 fully saturated rings. The van der Waals surface area contributed by atoms with Crippen LogP contribution in [0, 0.1) is 5.82 Å². The average molecular weight is 412 g/mol. The number of ketones is 1. The molecule has 0 radical (unpaired) electrons. The minimum absolute atomic E-state index is 0.189. The highest BCUT2D eigenvalue weighted by Gasteiger charge is 2.35. The quantitative estimate of drug-likeness (QED) is 0.424. The Kier molecular flexibility index (Phi) is 6.01. The summed E-state index contributed by atoms with van der Waals surface area (Å²) in [5.74, 6) is -3.83. The molecule has 2 aromatic rings. The van der Waals surface area contributed by atoms with Gasteiger partial charge in [0, 0.05) is 19.2 Å². The summed E-state index contributed by atoms with van der Waals surface area (Å²) >= 11 is 0. The Morgan fingerprint density at radius 1 is 1.03 bits per heavy atom. The standard InChI is InChI=1S/C21H17FN2O6/c1-12(25)23-13-6-7-16(17(22)10-13)18(26)11-30-19(27)8-9-24-20(28)14-4-2-3-5-15(14)21(24)29/h2-7,10H,8-9,11H2,1H3,(H,23,25). The van der Waals surface area contributed by atoms with E-state index in [4.69, 9.17) is 4.74 Å². The summed E-state index contributed by atoms with van der Waals surface area (Å²) in [6.07, 6.45) is -0.303. The molecule has 1 heterocycles. The van der Waals surface area contributed by atoms with Crippen molar-refractivity contribution in [2.45, 2.75) is 13.3 Å². The second kappa shape index (κ2) is 8.64. The van der Waals surface area contributed by atoms with Gasteiger partial charge in [-0.3, -0.25) is 28.9 Å². The van der Waals surface area contributed by atoms with Crippen molar-refractivity contribution in [3.05, 3.63) is 65.0 Å². The number of nitrogens with zero attached hydrogens (tertiary/aromatic N) is 1. The third kappa shape index (κ3) is 4.40. The molecule has 0 aromatic heterocycles. The molecule has 1 N–H and O–H groups in total. The molecule has 0 atom stereocenters. The number of nitrogens with one attached hydrogen (secondary N) is 1. The Hall–Kier alpha value is -3.88. The number of anilines is 1. The van der Waals surface area contributed by atoms with Crippen LogP contribution in [0.2, 0.25) is 0 Å². The second-order valence-corrected chi connectivity index (χ2v) is 6.52. The Balaban J connectivity index is 1.52. The van der Waals surface area contributed by atoms with E-state index in [1.54, 1.807) is 12.1 Å². The van der Waals surface area contributed by atoms with Crippen LogP contribution in [0.4, 0.5) is 10.1 Å². The molecule has 3 amide bonds. The van der Waals surface area contributed by atoms with Crippen LogP contribution in [0.25, 0.3) is 0 Å². The molecule has 2 aromatic carbocycles. The van der Waals surface area contributed by atoms with E-state index < -0.39 is 36.0 Å². The van der Waals surface area contributed by atoms with Crippen molar-refractivity contribution in [2.24, 2.45) is 0 Å². The molecule has 3 rings (SSSR count). The predicted molar refractivity (Wildman–Crippen MR) is 102 cm³/mol. The Bertz CT molecular complexity index is 1030. The fourth-order valence-electron chi connectivity index (χ4n) is 2.96. The summed E-state index contributed by atoms with van der Waals surface area (Å²) in [6.45, 7) is 0.370. The zero-order valence-corrected chi connectivity index (χ0v) is 15.9. The number of carbonyl (C=O) groups is 5. The van der Waals surface area contributed by atoms with Crippen molar-refractivity contribution in [3.63, 3.8) is 0 Å². The van der Waals surface area contributed by atoms with Crippen LogP contribution in [0.15, 0.2) is 42.5 Å². The second-order valence-electron chi connectivity index (χ2n) is 6.52. The number of benzene rings is 2. The van der Waals surface area contributed by atoms with Crippen LogP contribution in [0.5, 0.6) is 0 Å². The van der Waals surface area contributed by atoms with Crippen molar-refractivity contribution < 1.29 is 33.1 Å². The number of rotatable bonds is 7. The highest BCUT2D eigenvalue weighted by molar-refractivity contribution is 6.21. The summed E-state index contributed by atoms with van der Waals surface area (Å²) in [5.41, 5.74) is 0.431. The van der Waals surface area contributed by atoms with Crippen LogP contribution in [0.3, 0.4) is 0 Å². The molecule has 0 bridgehead atoms. The first-order valence-corrected chi connectivity index (χ1v) is 8.99. The lowest BCUT2D eigenvalue weighted by atomic mass is 10.1. The average Bonchev–Trinajstić information content (AvgIpc) is 2.94. The number of hydrogen-bond acceptors (Lipinski definition) is 6. The fraction of sp³-hybridized carbons (Fsp3) is 0.190. The molecule has 154 valence electrons. The van der Waals surface area contributed by atoms with Crippen LogP contribution >= 0.6 is 0 Å². The fourth-order valence-corrected chi connectivity index (χ4v) is 2.96. The van der Waals surface area contributed by atoms with Crippen LogP contribution in [-0.4, -0.2) is 47.5 Å². The third-order valence-corrected chi connectivity index (χ3v) is 4.37. The van der Waals surface area contributed by atoms with Gasteiger partial charge in [0.15, 0.2) is 6.61 Å². The maximum atomic E-state index is 14.0. The first-order chi connectivity index (χ1) is 14.3. The van der Waals surface area contributed by atoms with Gasteiger partial charge < -0.3 is 10.1 Å². The molecule has 0 saturated carbocycles. The molecule has 0 spiro atoms. The number of halogens is 1. The largest absolute Gasteiger partial charge is 0.457 e. The molecule has 0 saturated heterocycles. The Morgan fingerprint density at radius 2 is 1.67 bits per heavy atom. The number of esters is 1. The van der Waals surface area contributed by atoms with Gasteiger partial charge in [0.05, 0.1) is 23.1 Å². The SMILES string of the molecule is CC(=O)Nc1ccc(C(=O)COC(=O)CCN2C(=O)c3ccccc3C2=O)c(F)c1. The van der Waals surface area contributed by atoms with Gasteiger partial charge in [0.1, 0.15) is 5.82 Å². The van der Waals surface area contributed by atoms with Crippen molar-refractivity contribution in [2.75, 3.05) is 18.5 Å². The van der Waals surface area contributed by atoms with Gasteiger partial charge in [0.25, 0.3) is 11.8 Å². The molecular formula is C21H17FN2O6. The number of hydrogen-bond donors (Lipinski definition) is 1. The number of fused-ring (bicyclic) bond motifs is 1. The van der Waals surface area contributed by atoms with Crippen LogP contribution < -0.4 is 5.32 Å². The minimum atomic E-state index is -0.867. The molecule has 1 aliphatic rings. The molecule has 30 heavy (non-hydrogen) atoms. The summed E-state index contributed by atoms with van der Waals surface area (Å²) in [5, 5.41) is 2.38. The van der Waals surface area contributed by atoms with Crippen LogP contribution in [-0.2, 0) is 14.3 Å². The van der Waals surface area contributed by atoms with E-state index in [-0.39, 0.29) is 41.3 Å². The number of ether oxygens (including phenoxy) is 1. The monoisotopic (exact) mass is 412 g/mol. The third-order valence-electron chi connectivity index (χ3n) is 4.37. The summed E-state index contributed by atoms with van der Waals surface area (Å²) < 4.78 is 18.9. The molecular weight excluding hydrogens is 395 g/mol. The van der Waals surface area contributed by atoms with E-state index in [1.807, 2.05) is 0 Å². The molecule has 9 heteroatoms. The summed E-state index contributed by atoms with van der Waals surface area (Å²) in [4.78, 5) is 60.4. The van der Waals surface area contributed by atoms with Gasteiger partial charge >= 0.3 is 5.97 Å². The molecule has 0 unspecified atom stereocenters. The first kappa shape index (κ1) is 20.8. The number of Topliss-reactive ketones (excluding diaryl/α,β-unsaturated/α-hetero) is 1. The maximum absolute atomic E-state index is 14.0. The van der Waals surface area contributed by atoms with Crippen molar-refractivity contribution in [3.8, 4) is 0 Å². The molecule has 8 nitrogen and oxygen atoms in total. The molecule has 1 aliphatic heterocycles. The summed E-state index contributed by atoms with van der Waals surface area (Å²) in [6, 6.07) is 9.83. The van der Waals surface area contributed by atoms with Gasteiger partial charge in [-0.2, -0.15) is 0 Å². The van der Waals surface area contributed by atoms with Gasteiger partial charge in [-0.1, -0.05) is 12.1 Å². The van der Waals surface area contributed by atoms with Gasteiger partial charge in [0.2, 0.25) is 11.7 Å². The topological polar surface area (TPSA) is 110 Å². The Morgan fingerprint density at radius 3 is 2.23 bits per heavy atom. The normalized spacial score (nSPS) is 12.5. The van der Waals surface area contributed by atoms with E-state index in [1.165, 1.54) is 31.2 Å². The van der Waals surface area contributed by atoms with Crippen LogP contribution in [0.1, 0.15) is 44.4 Å². The van der Waals surface area contributed by atoms with Gasteiger partial charge in [-0.25, -0.2) is 4.39 Å². The summed E-state index contributed by atoms with van der Waals surface area (Å²) in [7, 11) is 0. The zero-order chi connectivity index (χ0) is 21.8. The van der Waals surface area contributed by atoms with Crippen molar-refractivity contribution in [1.82, 2.24) is 4.90 Å². The van der Waals surface area contributed by atoms with E-state index in [0.717, 1.165) is 11.0 Å². The van der Waals surface area contributed by atoms with E-state index in [9.17, 15) is 28.4 Å².